The molecule has 2 aliphatic rings. The van der Waals surface area contributed by atoms with E-state index in [1.807, 2.05) is 37.5 Å². The van der Waals surface area contributed by atoms with Gasteiger partial charge in [-0.3, -0.25) is 14.5 Å². The first-order valence-corrected chi connectivity index (χ1v) is 12.7. The first-order valence-electron chi connectivity index (χ1n) is 11.9. The molecule has 1 aliphatic heterocycles. The van der Waals surface area contributed by atoms with Gasteiger partial charge in [0.2, 0.25) is 0 Å². The lowest BCUT2D eigenvalue weighted by atomic mass is 9.76. The van der Waals surface area contributed by atoms with Crippen LogP contribution in [0.2, 0.25) is 5.02 Å². The summed E-state index contributed by atoms with van der Waals surface area (Å²) in [4.78, 5) is 18.7. The average Bonchev–Trinajstić information content (AvgIpc) is 3.20. The minimum atomic E-state index is -0.586. The summed E-state index contributed by atoms with van der Waals surface area (Å²) in [6.45, 7) is 6.31. The standard InChI is InChI=1S/C26H29Cl2N5O2/c1-25(2,3)35-24(34)32-14-18-13-19(6-7-21(18)33-16-30-31-22(33)15-32)26(28)10-8-17(9-11-26)23-20(27)5-4-12-29-23/h4-7,12-13,16-17H,8-11,14-15H2,1-3H3. The zero-order valence-electron chi connectivity index (χ0n) is 20.2. The Labute approximate surface area is 215 Å². The van der Waals surface area contributed by atoms with Gasteiger partial charge in [-0.25, -0.2) is 4.79 Å². The van der Waals surface area contributed by atoms with E-state index in [1.54, 1.807) is 17.4 Å². The van der Waals surface area contributed by atoms with E-state index in [2.05, 4.69) is 33.4 Å². The molecule has 1 fully saturated rings. The summed E-state index contributed by atoms with van der Waals surface area (Å²) in [6, 6.07) is 10.0. The second-order valence-corrected chi connectivity index (χ2v) is 11.5. The van der Waals surface area contributed by atoms with Gasteiger partial charge in [-0.15, -0.1) is 21.8 Å². The highest BCUT2D eigenvalue weighted by Gasteiger charge is 2.37. The number of halogens is 2. The molecule has 1 amide bonds. The number of hydrogen-bond acceptors (Lipinski definition) is 5. The summed E-state index contributed by atoms with van der Waals surface area (Å²) in [5, 5.41) is 9.03. The van der Waals surface area contributed by atoms with Crippen molar-refractivity contribution in [3.8, 4) is 5.69 Å². The second-order valence-electron chi connectivity index (χ2n) is 10.4. The molecule has 3 aromatic rings. The maximum absolute atomic E-state index is 13.0. The highest BCUT2D eigenvalue weighted by molar-refractivity contribution is 6.31. The number of carbonyl (C=O) groups excluding carboxylic acids is 1. The number of nitrogens with zero attached hydrogens (tertiary/aromatic N) is 5. The van der Waals surface area contributed by atoms with Crippen molar-refractivity contribution in [2.24, 2.45) is 0 Å². The predicted molar refractivity (Wildman–Crippen MR) is 135 cm³/mol. The lowest BCUT2D eigenvalue weighted by molar-refractivity contribution is 0.0214. The molecule has 0 atom stereocenters. The number of aromatic nitrogens is 4. The van der Waals surface area contributed by atoms with Gasteiger partial charge in [-0.2, -0.15) is 0 Å². The summed E-state index contributed by atoms with van der Waals surface area (Å²) in [7, 11) is 0. The molecular weight excluding hydrogens is 485 g/mol. The molecule has 1 aliphatic carbocycles. The molecule has 0 radical (unpaired) electrons. The molecule has 1 aromatic carbocycles. The van der Waals surface area contributed by atoms with E-state index in [9.17, 15) is 4.79 Å². The van der Waals surface area contributed by atoms with Crippen LogP contribution in [0.25, 0.3) is 5.69 Å². The fraction of sp³-hybridized carbons (Fsp3) is 0.462. The number of amides is 1. The predicted octanol–water partition coefficient (Wildman–Crippen LogP) is 6.36. The second kappa shape index (κ2) is 9.10. The van der Waals surface area contributed by atoms with Crippen molar-refractivity contribution in [1.29, 1.82) is 0 Å². The van der Waals surface area contributed by atoms with E-state index >= 15 is 0 Å². The summed E-state index contributed by atoms with van der Waals surface area (Å²) >= 11 is 13.7. The first kappa shape index (κ1) is 24.1. The van der Waals surface area contributed by atoms with Gasteiger partial charge in [0.25, 0.3) is 0 Å². The minimum Gasteiger partial charge on any atom is -0.444 e. The number of rotatable bonds is 2. The van der Waals surface area contributed by atoms with E-state index < -0.39 is 10.5 Å². The molecule has 3 heterocycles. The van der Waals surface area contributed by atoms with Crippen molar-refractivity contribution in [3.63, 3.8) is 0 Å². The smallest absolute Gasteiger partial charge is 0.411 e. The van der Waals surface area contributed by atoms with Crippen molar-refractivity contribution in [3.05, 3.63) is 70.5 Å². The van der Waals surface area contributed by atoms with Gasteiger partial charge < -0.3 is 4.74 Å². The summed E-state index contributed by atoms with van der Waals surface area (Å²) in [5.74, 6) is 0.995. The molecule has 184 valence electrons. The largest absolute Gasteiger partial charge is 0.444 e. The number of pyridine rings is 1. The van der Waals surface area contributed by atoms with Crippen LogP contribution in [0.5, 0.6) is 0 Å². The summed E-state index contributed by atoms with van der Waals surface area (Å²) in [6.07, 6.45) is 6.57. The number of fused-ring (bicyclic) bond motifs is 3. The molecule has 0 unspecified atom stereocenters. The third kappa shape index (κ3) is 4.89. The van der Waals surface area contributed by atoms with E-state index in [1.165, 1.54) is 0 Å². The van der Waals surface area contributed by atoms with E-state index in [4.69, 9.17) is 27.9 Å². The molecule has 5 rings (SSSR count). The first-order chi connectivity index (χ1) is 16.6. The molecule has 0 spiro atoms. The molecule has 35 heavy (non-hydrogen) atoms. The van der Waals surface area contributed by atoms with Crippen molar-refractivity contribution in [2.75, 3.05) is 0 Å². The molecule has 0 bridgehead atoms. The van der Waals surface area contributed by atoms with E-state index in [0.717, 1.165) is 53.2 Å². The molecule has 2 aromatic heterocycles. The van der Waals surface area contributed by atoms with Gasteiger partial charge >= 0.3 is 6.09 Å². The van der Waals surface area contributed by atoms with Crippen LogP contribution in [0.3, 0.4) is 0 Å². The zero-order chi connectivity index (χ0) is 24.8. The molecule has 9 heteroatoms. The average molecular weight is 514 g/mol. The Balaban J connectivity index is 1.42. The van der Waals surface area contributed by atoms with Crippen molar-refractivity contribution < 1.29 is 9.53 Å². The number of alkyl halides is 1. The van der Waals surface area contributed by atoms with Gasteiger partial charge in [-0.05, 0) is 75.8 Å². The lowest BCUT2D eigenvalue weighted by Gasteiger charge is -2.36. The third-order valence-electron chi connectivity index (χ3n) is 6.77. The molecule has 0 N–H and O–H groups in total. The Bertz CT molecular complexity index is 1240. The summed E-state index contributed by atoms with van der Waals surface area (Å²) in [5.41, 5.74) is 3.37. The van der Waals surface area contributed by atoms with Crippen LogP contribution in [-0.2, 0) is 22.7 Å². The van der Waals surface area contributed by atoms with Crippen molar-refractivity contribution in [2.45, 2.75) is 75.9 Å². The van der Waals surface area contributed by atoms with Crippen LogP contribution in [0.1, 0.15) is 75.0 Å². The highest BCUT2D eigenvalue weighted by Crippen LogP contribution is 2.48. The Kier molecular flexibility index (Phi) is 6.26. The van der Waals surface area contributed by atoms with E-state index in [-0.39, 0.29) is 6.09 Å². The van der Waals surface area contributed by atoms with Crippen LogP contribution < -0.4 is 0 Å². The molecule has 0 saturated heterocycles. The molecule has 1 saturated carbocycles. The number of carbonyl (C=O) groups is 1. The highest BCUT2D eigenvalue weighted by atomic mass is 35.5. The third-order valence-corrected chi connectivity index (χ3v) is 7.69. The van der Waals surface area contributed by atoms with Gasteiger partial charge in [0, 0.05) is 12.1 Å². The molecule has 7 nitrogen and oxygen atoms in total. The van der Waals surface area contributed by atoms with Gasteiger partial charge in [-0.1, -0.05) is 23.7 Å². The summed E-state index contributed by atoms with van der Waals surface area (Å²) < 4.78 is 7.59. The fourth-order valence-corrected chi connectivity index (χ4v) is 5.63. The van der Waals surface area contributed by atoms with Crippen molar-refractivity contribution >= 4 is 29.3 Å². The number of benzene rings is 1. The minimum absolute atomic E-state index is 0.304. The van der Waals surface area contributed by atoms with Gasteiger partial charge in [0.05, 0.1) is 34.4 Å². The van der Waals surface area contributed by atoms with Gasteiger partial charge in [0.15, 0.2) is 5.82 Å². The topological polar surface area (TPSA) is 73.1 Å². The lowest BCUT2D eigenvalue weighted by Crippen LogP contribution is -2.36. The zero-order valence-corrected chi connectivity index (χ0v) is 21.7. The number of hydrogen-bond donors (Lipinski definition) is 0. The van der Waals surface area contributed by atoms with Crippen LogP contribution >= 0.6 is 23.2 Å². The maximum atomic E-state index is 13.0. The normalized spacial score (nSPS) is 22.2. The molecular formula is C26H29Cl2N5O2. The van der Waals surface area contributed by atoms with Crippen LogP contribution in [-0.4, -0.2) is 36.3 Å². The Morgan fingerprint density at radius 1 is 1.17 bits per heavy atom. The Hall–Kier alpha value is -2.64. The van der Waals surface area contributed by atoms with Crippen LogP contribution in [0.4, 0.5) is 4.79 Å². The van der Waals surface area contributed by atoms with Crippen LogP contribution in [0.15, 0.2) is 42.9 Å². The van der Waals surface area contributed by atoms with Crippen LogP contribution in [0, 0.1) is 0 Å². The quantitative estimate of drug-likeness (QED) is 0.372. The van der Waals surface area contributed by atoms with E-state index in [0.29, 0.717) is 24.8 Å². The maximum Gasteiger partial charge on any atom is 0.411 e. The number of ether oxygens (including phenoxy) is 1. The van der Waals surface area contributed by atoms with Crippen molar-refractivity contribution in [1.82, 2.24) is 24.6 Å². The Morgan fingerprint density at radius 3 is 2.66 bits per heavy atom. The fourth-order valence-electron chi connectivity index (χ4n) is 5.02. The van der Waals surface area contributed by atoms with Gasteiger partial charge in [0.1, 0.15) is 11.9 Å². The monoisotopic (exact) mass is 513 g/mol. The Morgan fingerprint density at radius 2 is 1.94 bits per heavy atom. The SMILES string of the molecule is CC(C)(C)OC(=O)N1Cc2cc(C3(Cl)CCC(c4ncccc4Cl)CC3)ccc2-n2cnnc2C1.